The fraction of sp³-hybridized carbons (Fsp3) is 0.261. The van der Waals surface area contributed by atoms with E-state index < -0.39 is 28.6 Å². The zero-order chi connectivity index (χ0) is 25.8. The summed E-state index contributed by atoms with van der Waals surface area (Å²) >= 11 is 6.45. The average Bonchev–Trinajstić information content (AvgIpc) is 3.22. The number of nitrogens with zero attached hydrogens (tertiary/aromatic N) is 3. The van der Waals surface area contributed by atoms with Gasteiger partial charge in [-0.1, -0.05) is 35.9 Å². The quantitative estimate of drug-likeness (QED) is 0.209. The molecular formula is C23H21ClF3N5O3. The van der Waals surface area contributed by atoms with Crippen LogP contribution in [0.15, 0.2) is 64.8 Å². The van der Waals surface area contributed by atoms with Crippen molar-refractivity contribution in [3.8, 4) is 0 Å². The number of hydrogen-bond acceptors (Lipinski definition) is 5. The third-order valence-electron chi connectivity index (χ3n) is 5.19. The van der Waals surface area contributed by atoms with E-state index in [-0.39, 0.29) is 24.4 Å². The number of carbonyl (C=O) groups excluding carboxylic acids is 1. The van der Waals surface area contributed by atoms with Crippen molar-refractivity contribution in [3.05, 3.63) is 75.8 Å². The fourth-order valence-corrected chi connectivity index (χ4v) is 3.66. The van der Waals surface area contributed by atoms with E-state index in [0.717, 1.165) is 6.08 Å². The van der Waals surface area contributed by atoms with E-state index in [2.05, 4.69) is 26.9 Å². The highest BCUT2D eigenvalue weighted by molar-refractivity contribution is 6.36. The van der Waals surface area contributed by atoms with Gasteiger partial charge in [0.2, 0.25) is 5.91 Å². The lowest BCUT2D eigenvalue weighted by Gasteiger charge is -2.20. The summed E-state index contributed by atoms with van der Waals surface area (Å²) in [5.74, 6) is -0.976. The maximum Gasteiger partial charge on any atom is 0.433 e. The predicted octanol–water partition coefficient (Wildman–Crippen LogP) is 5.60. The molecule has 0 bridgehead atoms. The molecule has 1 atom stereocenters. The molecule has 8 nitrogen and oxygen atoms in total. The first-order valence-electron chi connectivity index (χ1n) is 10.4. The van der Waals surface area contributed by atoms with Gasteiger partial charge in [-0.15, -0.1) is 6.58 Å². The number of allylic oxidation sites excluding steroid dienone is 6. The number of aromatic nitrogens is 2. The molecule has 35 heavy (non-hydrogen) atoms. The normalized spacial score (nSPS) is 17.1. The Morgan fingerprint density at radius 3 is 2.77 bits per heavy atom. The zero-order valence-corrected chi connectivity index (χ0v) is 19.3. The second-order valence-corrected chi connectivity index (χ2v) is 8.02. The van der Waals surface area contributed by atoms with Gasteiger partial charge in [0.1, 0.15) is 11.5 Å². The van der Waals surface area contributed by atoms with Crippen molar-refractivity contribution >= 4 is 45.5 Å². The molecule has 1 aromatic heterocycles. The molecule has 3 rings (SSSR count). The van der Waals surface area contributed by atoms with Gasteiger partial charge in [-0.2, -0.15) is 13.2 Å². The van der Waals surface area contributed by atoms with Crippen LogP contribution in [0.3, 0.4) is 0 Å². The molecule has 1 amide bonds. The van der Waals surface area contributed by atoms with Gasteiger partial charge >= 0.3 is 6.18 Å². The number of nitro benzene ring substituents is 1. The Bertz CT molecular complexity index is 1290. The Kier molecular flexibility index (Phi) is 7.90. The number of aliphatic imine (C=N–C) groups is 1. The van der Waals surface area contributed by atoms with Crippen molar-refractivity contribution in [2.24, 2.45) is 10.9 Å². The number of rotatable bonds is 8. The van der Waals surface area contributed by atoms with Crippen LogP contribution in [0.1, 0.15) is 25.6 Å². The fourth-order valence-electron chi connectivity index (χ4n) is 3.41. The summed E-state index contributed by atoms with van der Waals surface area (Å²) < 4.78 is 38.5. The standard InChI is InChI=1S/C23H21ClF3N5O3/c1-3-4-5-17(24)16(21-30-18-8-6-14(32(34)35)12-19(18)31-21)10-11-28-22(33)15-7-9-20(23(25,26)27)29-13(15)2/h3,5-6,8-10,12,15H,1,4,7,11H2,2H3,(H,28,33)(H,30,31)/b16-10+,17-5+. The number of aromatic amines is 1. The number of benzene rings is 1. The van der Waals surface area contributed by atoms with Crippen LogP contribution in [-0.4, -0.2) is 39.2 Å². The van der Waals surface area contributed by atoms with Gasteiger partial charge in [0.25, 0.3) is 5.69 Å². The van der Waals surface area contributed by atoms with Gasteiger partial charge in [0.15, 0.2) is 0 Å². The number of carbonyl (C=O) groups is 1. The number of imidazole rings is 1. The summed E-state index contributed by atoms with van der Waals surface area (Å²) in [4.78, 5) is 34.1. The second-order valence-electron chi connectivity index (χ2n) is 7.61. The van der Waals surface area contributed by atoms with Crippen LogP contribution in [0, 0.1) is 16.0 Å². The highest BCUT2D eigenvalue weighted by Crippen LogP contribution is 2.31. The molecule has 184 valence electrons. The molecule has 1 aromatic carbocycles. The highest BCUT2D eigenvalue weighted by atomic mass is 35.5. The maximum absolute atomic E-state index is 12.8. The summed E-state index contributed by atoms with van der Waals surface area (Å²) in [6.45, 7) is 5.02. The third-order valence-corrected chi connectivity index (χ3v) is 5.55. The van der Waals surface area contributed by atoms with Crippen LogP contribution in [0.5, 0.6) is 0 Å². The van der Waals surface area contributed by atoms with Crippen molar-refractivity contribution < 1.29 is 22.9 Å². The molecule has 2 N–H and O–H groups in total. The Hall–Kier alpha value is -3.73. The Morgan fingerprint density at radius 1 is 1.40 bits per heavy atom. The first kappa shape index (κ1) is 25.9. The second kappa shape index (κ2) is 10.7. The number of non-ortho nitro benzene ring substituents is 1. The van der Waals surface area contributed by atoms with Gasteiger partial charge in [0, 0.05) is 35.0 Å². The number of fused-ring (bicyclic) bond motifs is 1. The molecule has 0 fully saturated rings. The van der Waals surface area contributed by atoms with E-state index in [9.17, 15) is 28.1 Å². The molecule has 2 aromatic rings. The molecule has 0 aliphatic carbocycles. The minimum absolute atomic E-state index is 0.00311. The monoisotopic (exact) mass is 507 g/mol. The summed E-state index contributed by atoms with van der Waals surface area (Å²) in [5, 5.41) is 14.0. The SMILES string of the molecule is C=CC/C=C(Cl)\C(=C/CNC(=O)C1CC=C(C(F)(F)F)N=C1C)c1nc2ccc([N+](=O)[O-])cc2[nH]1. The number of nitro groups is 1. The van der Waals surface area contributed by atoms with Crippen LogP contribution in [0.2, 0.25) is 0 Å². The summed E-state index contributed by atoms with van der Waals surface area (Å²) in [5.41, 5.74) is 0.301. The lowest BCUT2D eigenvalue weighted by atomic mass is 9.96. The summed E-state index contributed by atoms with van der Waals surface area (Å²) in [6, 6.07) is 4.18. The molecule has 1 unspecified atom stereocenters. The molecule has 1 aliphatic rings. The number of H-pyrrole nitrogens is 1. The smallest absolute Gasteiger partial charge is 0.352 e. The minimum Gasteiger partial charge on any atom is -0.352 e. The van der Waals surface area contributed by atoms with Crippen molar-refractivity contribution in [1.82, 2.24) is 15.3 Å². The molecule has 2 heterocycles. The summed E-state index contributed by atoms with van der Waals surface area (Å²) in [6.07, 6.45) is 1.59. The number of halogens is 4. The molecular weight excluding hydrogens is 487 g/mol. The van der Waals surface area contributed by atoms with Gasteiger partial charge < -0.3 is 10.3 Å². The number of alkyl halides is 3. The van der Waals surface area contributed by atoms with Crippen LogP contribution in [0.25, 0.3) is 16.6 Å². The van der Waals surface area contributed by atoms with Crippen molar-refractivity contribution in [3.63, 3.8) is 0 Å². The largest absolute Gasteiger partial charge is 0.433 e. The van der Waals surface area contributed by atoms with Crippen LogP contribution in [-0.2, 0) is 4.79 Å². The molecule has 0 spiro atoms. The van der Waals surface area contributed by atoms with E-state index in [1.54, 1.807) is 18.2 Å². The summed E-state index contributed by atoms with van der Waals surface area (Å²) in [7, 11) is 0. The van der Waals surface area contributed by atoms with Crippen LogP contribution >= 0.6 is 11.6 Å². The van der Waals surface area contributed by atoms with Crippen molar-refractivity contribution in [2.75, 3.05) is 6.54 Å². The topological polar surface area (TPSA) is 113 Å². The lowest BCUT2D eigenvalue weighted by Crippen LogP contribution is -2.36. The molecule has 0 saturated carbocycles. The van der Waals surface area contributed by atoms with Gasteiger partial charge in [0.05, 0.1) is 21.9 Å². The number of amides is 1. The van der Waals surface area contributed by atoms with Gasteiger partial charge in [-0.3, -0.25) is 19.9 Å². The third kappa shape index (κ3) is 6.24. The lowest BCUT2D eigenvalue weighted by molar-refractivity contribution is -0.384. The Balaban J connectivity index is 1.81. The van der Waals surface area contributed by atoms with E-state index in [1.807, 2.05) is 0 Å². The first-order valence-corrected chi connectivity index (χ1v) is 10.8. The van der Waals surface area contributed by atoms with E-state index >= 15 is 0 Å². The van der Waals surface area contributed by atoms with E-state index in [0.29, 0.717) is 33.9 Å². The van der Waals surface area contributed by atoms with Crippen LogP contribution in [0.4, 0.5) is 18.9 Å². The average molecular weight is 508 g/mol. The van der Waals surface area contributed by atoms with Gasteiger partial charge in [-0.05, 0) is 25.8 Å². The number of hydrogen-bond donors (Lipinski definition) is 2. The molecule has 0 radical (unpaired) electrons. The van der Waals surface area contributed by atoms with Gasteiger partial charge in [-0.25, -0.2) is 4.98 Å². The highest BCUT2D eigenvalue weighted by Gasteiger charge is 2.37. The Labute approximate surface area is 203 Å². The first-order chi connectivity index (χ1) is 16.5. The Morgan fingerprint density at radius 2 is 2.14 bits per heavy atom. The van der Waals surface area contributed by atoms with Crippen LogP contribution < -0.4 is 5.32 Å². The van der Waals surface area contributed by atoms with Crippen molar-refractivity contribution in [2.45, 2.75) is 25.9 Å². The predicted molar refractivity (Wildman–Crippen MR) is 128 cm³/mol. The van der Waals surface area contributed by atoms with Crippen molar-refractivity contribution in [1.29, 1.82) is 0 Å². The number of nitrogens with one attached hydrogen (secondary N) is 2. The van der Waals surface area contributed by atoms with E-state index in [1.165, 1.54) is 25.1 Å². The molecule has 12 heteroatoms. The minimum atomic E-state index is -4.57. The maximum atomic E-state index is 12.8. The molecule has 0 saturated heterocycles. The molecule has 1 aliphatic heterocycles. The van der Waals surface area contributed by atoms with E-state index in [4.69, 9.17) is 11.6 Å². The zero-order valence-electron chi connectivity index (χ0n) is 18.5.